The minimum Gasteiger partial charge on any atom is -0.480 e. The summed E-state index contributed by atoms with van der Waals surface area (Å²) < 4.78 is 0. The van der Waals surface area contributed by atoms with E-state index < -0.39 is 47.9 Å². The van der Waals surface area contributed by atoms with Gasteiger partial charge in [0.1, 0.15) is 18.1 Å². The number of nitrogens with one attached hydrogen (secondary N) is 4. The number of para-hydroxylation sites is 1. The van der Waals surface area contributed by atoms with E-state index in [9.17, 15) is 24.3 Å². The van der Waals surface area contributed by atoms with E-state index in [0.717, 1.165) is 27.6 Å². The third-order valence-corrected chi connectivity index (χ3v) is 6.96. The van der Waals surface area contributed by atoms with Gasteiger partial charge in [-0.3, -0.25) is 14.4 Å². The number of nitrogens with two attached hydrogens (primary N) is 1. The predicted molar refractivity (Wildman–Crippen MR) is 159 cm³/mol. The lowest BCUT2D eigenvalue weighted by atomic mass is 10.0. The van der Waals surface area contributed by atoms with Crippen molar-refractivity contribution in [2.24, 2.45) is 5.73 Å². The van der Waals surface area contributed by atoms with Crippen LogP contribution in [0.4, 0.5) is 0 Å². The van der Waals surface area contributed by atoms with Crippen LogP contribution in [0.3, 0.4) is 0 Å². The molecule has 4 rings (SSSR count). The summed E-state index contributed by atoms with van der Waals surface area (Å²) in [5.74, 6) is -2.97. The van der Waals surface area contributed by atoms with E-state index in [1.54, 1.807) is 30.5 Å². The van der Waals surface area contributed by atoms with E-state index in [0.29, 0.717) is 0 Å². The third-order valence-electron chi connectivity index (χ3n) is 6.96. The van der Waals surface area contributed by atoms with Gasteiger partial charge in [0.25, 0.3) is 0 Å². The number of carbonyl (C=O) groups excluding carboxylic acids is 3. The Morgan fingerprint density at radius 2 is 1.17 bits per heavy atom. The highest BCUT2D eigenvalue weighted by Gasteiger charge is 2.31. The van der Waals surface area contributed by atoms with Crippen molar-refractivity contribution >= 4 is 34.6 Å². The van der Waals surface area contributed by atoms with E-state index in [2.05, 4.69) is 20.9 Å². The Hall–Kier alpha value is -4.96. The van der Waals surface area contributed by atoms with Crippen LogP contribution in [-0.4, -0.2) is 57.9 Å². The molecule has 3 amide bonds. The Balaban J connectivity index is 1.57. The van der Waals surface area contributed by atoms with E-state index in [1.807, 2.05) is 60.7 Å². The molecule has 0 aliphatic heterocycles. The Morgan fingerprint density at radius 3 is 1.74 bits per heavy atom. The van der Waals surface area contributed by atoms with Gasteiger partial charge in [0.15, 0.2) is 0 Å². The fraction of sp³-hybridized carbons (Fsp3) is 0.250. The zero-order chi connectivity index (χ0) is 30.1. The van der Waals surface area contributed by atoms with Crippen molar-refractivity contribution in [1.29, 1.82) is 0 Å². The van der Waals surface area contributed by atoms with Crippen LogP contribution in [0.5, 0.6) is 0 Å². The molecule has 1 aromatic heterocycles. The molecule has 10 heteroatoms. The molecular weight excluding hydrogens is 534 g/mol. The highest BCUT2D eigenvalue weighted by Crippen LogP contribution is 2.19. The Bertz CT molecular complexity index is 1520. The maximum absolute atomic E-state index is 13.7. The van der Waals surface area contributed by atoms with Crippen LogP contribution in [0.1, 0.15) is 23.6 Å². The number of H-pyrrole nitrogens is 1. The van der Waals surface area contributed by atoms with Crippen LogP contribution < -0.4 is 21.7 Å². The van der Waals surface area contributed by atoms with E-state index in [1.165, 1.54) is 6.92 Å². The summed E-state index contributed by atoms with van der Waals surface area (Å²) in [5, 5.41) is 18.8. The predicted octanol–water partition coefficient (Wildman–Crippen LogP) is 2.08. The number of aliphatic carboxylic acids is 1. The van der Waals surface area contributed by atoms with Gasteiger partial charge in [-0.2, -0.15) is 0 Å². The fourth-order valence-corrected chi connectivity index (χ4v) is 4.69. The largest absolute Gasteiger partial charge is 0.480 e. The summed E-state index contributed by atoms with van der Waals surface area (Å²) in [6, 6.07) is 21.4. The number of carboxylic acids is 1. The third kappa shape index (κ3) is 8.05. The number of hydrogen-bond acceptors (Lipinski definition) is 5. The van der Waals surface area contributed by atoms with Crippen LogP contribution >= 0.6 is 0 Å². The number of aromatic nitrogens is 1. The molecule has 0 saturated heterocycles. The molecule has 7 N–H and O–H groups in total. The summed E-state index contributed by atoms with van der Waals surface area (Å²) in [5.41, 5.74) is 8.96. The Kier molecular flexibility index (Phi) is 10.1. The molecule has 0 radical (unpaired) electrons. The number of amides is 3. The molecule has 1 heterocycles. The van der Waals surface area contributed by atoms with Gasteiger partial charge in [0, 0.05) is 36.4 Å². The fourth-order valence-electron chi connectivity index (χ4n) is 4.69. The van der Waals surface area contributed by atoms with Crippen molar-refractivity contribution in [2.45, 2.75) is 50.4 Å². The number of fused-ring (bicyclic) bond motifs is 1. The van der Waals surface area contributed by atoms with Gasteiger partial charge in [-0.05, 0) is 29.7 Å². The molecule has 218 valence electrons. The SMILES string of the molecule is CC(N)C(=O)NC(Cc1c[nH]c2ccccc12)C(=O)NC(Cc1ccccc1)C(=O)NC(Cc1ccccc1)C(=O)O. The van der Waals surface area contributed by atoms with Crippen LogP contribution in [0.25, 0.3) is 10.9 Å². The number of rotatable bonds is 13. The highest BCUT2D eigenvalue weighted by molar-refractivity contribution is 5.95. The lowest BCUT2D eigenvalue weighted by Gasteiger charge is -2.25. The van der Waals surface area contributed by atoms with Crippen LogP contribution in [0, 0.1) is 0 Å². The van der Waals surface area contributed by atoms with Crippen molar-refractivity contribution in [2.75, 3.05) is 0 Å². The minimum atomic E-state index is -1.21. The Labute approximate surface area is 243 Å². The van der Waals surface area contributed by atoms with Crippen molar-refractivity contribution in [3.8, 4) is 0 Å². The second kappa shape index (κ2) is 14.1. The van der Waals surface area contributed by atoms with Gasteiger partial charge in [-0.15, -0.1) is 0 Å². The molecule has 4 aromatic rings. The van der Waals surface area contributed by atoms with E-state index in [4.69, 9.17) is 5.73 Å². The van der Waals surface area contributed by atoms with Gasteiger partial charge in [0.2, 0.25) is 17.7 Å². The standard InChI is InChI=1S/C32H35N5O5/c1-20(33)29(38)35-27(18-23-19-34-25-15-9-8-14-24(23)25)31(40)36-26(16-21-10-4-2-5-11-21)30(39)37-28(32(41)42)17-22-12-6-3-7-13-22/h2-15,19-20,26-28,34H,16-18,33H2,1H3,(H,35,38)(H,36,40)(H,37,39)(H,41,42). The quantitative estimate of drug-likeness (QED) is 0.144. The number of aromatic amines is 1. The van der Waals surface area contributed by atoms with E-state index in [-0.39, 0.29) is 19.3 Å². The highest BCUT2D eigenvalue weighted by atomic mass is 16.4. The second-order valence-corrected chi connectivity index (χ2v) is 10.3. The second-order valence-electron chi connectivity index (χ2n) is 10.3. The van der Waals surface area contributed by atoms with Gasteiger partial charge in [0.05, 0.1) is 6.04 Å². The maximum atomic E-state index is 13.7. The lowest BCUT2D eigenvalue weighted by molar-refractivity contribution is -0.142. The lowest BCUT2D eigenvalue weighted by Crippen LogP contribution is -2.58. The smallest absolute Gasteiger partial charge is 0.326 e. The van der Waals surface area contributed by atoms with Crippen molar-refractivity contribution in [3.05, 3.63) is 108 Å². The molecule has 4 atom stereocenters. The topological polar surface area (TPSA) is 166 Å². The maximum Gasteiger partial charge on any atom is 0.326 e. The molecule has 0 spiro atoms. The summed E-state index contributed by atoms with van der Waals surface area (Å²) >= 11 is 0. The molecule has 0 aliphatic carbocycles. The van der Waals surface area contributed by atoms with Crippen molar-refractivity contribution in [1.82, 2.24) is 20.9 Å². The first kappa shape index (κ1) is 30.0. The van der Waals surface area contributed by atoms with Crippen LogP contribution in [0.15, 0.2) is 91.1 Å². The Morgan fingerprint density at radius 1 is 0.690 bits per heavy atom. The first-order valence-electron chi connectivity index (χ1n) is 13.7. The number of benzene rings is 3. The van der Waals surface area contributed by atoms with Crippen molar-refractivity contribution < 1.29 is 24.3 Å². The zero-order valence-electron chi connectivity index (χ0n) is 23.2. The number of carboxylic acid groups (broad SMARTS) is 1. The average molecular weight is 570 g/mol. The molecule has 0 aliphatic rings. The monoisotopic (exact) mass is 569 g/mol. The summed E-state index contributed by atoms with van der Waals surface area (Å²) in [6.45, 7) is 1.51. The van der Waals surface area contributed by atoms with Crippen molar-refractivity contribution in [3.63, 3.8) is 0 Å². The molecule has 0 fully saturated rings. The number of carbonyl (C=O) groups is 4. The van der Waals surface area contributed by atoms with Crippen LogP contribution in [-0.2, 0) is 38.4 Å². The van der Waals surface area contributed by atoms with Gasteiger partial charge in [-0.1, -0.05) is 78.9 Å². The van der Waals surface area contributed by atoms with Gasteiger partial charge < -0.3 is 31.8 Å². The molecule has 4 unspecified atom stereocenters. The molecule has 0 saturated carbocycles. The molecular formula is C32H35N5O5. The normalized spacial score (nSPS) is 13.9. The van der Waals surface area contributed by atoms with Crippen LogP contribution in [0.2, 0.25) is 0 Å². The average Bonchev–Trinajstić information content (AvgIpc) is 3.39. The molecule has 0 bridgehead atoms. The molecule has 10 nitrogen and oxygen atoms in total. The minimum absolute atomic E-state index is 0.0710. The summed E-state index contributed by atoms with van der Waals surface area (Å²) in [4.78, 5) is 55.0. The first-order valence-corrected chi connectivity index (χ1v) is 13.7. The van der Waals surface area contributed by atoms with Gasteiger partial charge in [-0.25, -0.2) is 4.79 Å². The van der Waals surface area contributed by atoms with E-state index >= 15 is 0 Å². The molecule has 42 heavy (non-hydrogen) atoms. The summed E-state index contributed by atoms with van der Waals surface area (Å²) in [7, 11) is 0. The first-order chi connectivity index (χ1) is 20.2. The van der Waals surface area contributed by atoms with Gasteiger partial charge >= 0.3 is 5.97 Å². The molecule has 3 aromatic carbocycles. The summed E-state index contributed by atoms with van der Waals surface area (Å²) in [6.07, 6.45) is 2.09. The number of hydrogen-bond donors (Lipinski definition) is 6. The zero-order valence-corrected chi connectivity index (χ0v) is 23.2.